The largest absolute Gasteiger partial charge is 0.369 e. The van der Waals surface area contributed by atoms with Gasteiger partial charge in [0.25, 0.3) is 0 Å². The zero-order chi connectivity index (χ0) is 18.6. The van der Waals surface area contributed by atoms with E-state index in [1.807, 2.05) is 45.0 Å². The normalized spacial score (nSPS) is 11.4. The highest BCUT2D eigenvalue weighted by Gasteiger charge is 2.15. The van der Waals surface area contributed by atoms with Gasteiger partial charge in [-0.25, -0.2) is 23.1 Å². The van der Waals surface area contributed by atoms with Gasteiger partial charge in [-0.2, -0.15) is 0 Å². The van der Waals surface area contributed by atoms with Crippen LogP contribution >= 0.6 is 0 Å². The summed E-state index contributed by atoms with van der Waals surface area (Å²) in [5.41, 5.74) is 1.77. The number of hydrogen-bond acceptors (Lipinski definition) is 6. The second-order valence-corrected chi connectivity index (χ2v) is 7.88. The van der Waals surface area contributed by atoms with E-state index in [1.165, 1.54) is 0 Å². The summed E-state index contributed by atoms with van der Waals surface area (Å²) >= 11 is 0. The van der Waals surface area contributed by atoms with Gasteiger partial charge in [-0.05, 0) is 32.4 Å². The van der Waals surface area contributed by atoms with Crippen molar-refractivity contribution in [1.82, 2.24) is 14.7 Å². The maximum Gasteiger partial charge on any atom is 0.240 e. The fraction of sp³-hybridized carbons (Fsp3) is 0.412. The Morgan fingerprint density at radius 3 is 2.40 bits per heavy atom. The molecule has 0 fully saturated rings. The first-order valence-corrected chi connectivity index (χ1v) is 9.51. The van der Waals surface area contributed by atoms with Crippen LogP contribution in [0, 0.1) is 20.8 Å². The summed E-state index contributed by atoms with van der Waals surface area (Å²) in [6, 6.07) is 7.12. The van der Waals surface area contributed by atoms with Crippen LogP contribution in [0.5, 0.6) is 0 Å². The second kappa shape index (κ2) is 7.79. The Labute approximate surface area is 149 Å². The molecule has 0 atom stereocenters. The average molecular weight is 363 g/mol. The second-order valence-electron chi connectivity index (χ2n) is 6.15. The topological polar surface area (TPSA) is 87.2 Å². The Kier molecular flexibility index (Phi) is 5.97. The Morgan fingerprint density at radius 2 is 1.76 bits per heavy atom. The molecule has 0 aliphatic heterocycles. The first-order valence-electron chi connectivity index (χ1n) is 8.03. The van der Waals surface area contributed by atoms with Crippen LogP contribution in [-0.4, -0.2) is 45.6 Å². The molecule has 0 unspecified atom stereocenters. The maximum absolute atomic E-state index is 12.4. The first-order chi connectivity index (χ1) is 11.7. The third-order valence-corrected chi connectivity index (χ3v) is 5.25. The smallest absolute Gasteiger partial charge is 0.240 e. The highest BCUT2D eigenvalue weighted by atomic mass is 32.2. The minimum atomic E-state index is -3.52. The summed E-state index contributed by atoms with van der Waals surface area (Å²) in [6.45, 7) is 6.24. The average Bonchev–Trinajstić information content (AvgIpc) is 2.50. The third-order valence-electron chi connectivity index (χ3n) is 3.63. The van der Waals surface area contributed by atoms with Gasteiger partial charge in [0, 0.05) is 33.3 Å². The molecule has 0 saturated heterocycles. The fourth-order valence-corrected chi connectivity index (χ4v) is 3.68. The molecule has 8 heteroatoms. The molecular weight excluding hydrogens is 338 g/mol. The van der Waals surface area contributed by atoms with E-state index < -0.39 is 10.0 Å². The Balaban J connectivity index is 1.97. The minimum absolute atomic E-state index is 0.260. The molecule has 2 rings (SSSR count). The van der Waals surface area contributed by atoms with Gasteiger partial charge in [-0.1, -0.05) is 17.7 Å². The summed E-state index contributed by atoms with van der Waals surface area (Å²) in [5.74, 6) is 2.12. The van der Waals surface area contributed by atoms with E-state index in [1.54, 1.807) is 19.1 Å². The van der Waals surface area contributed by atoms with Crippen molar-refractivity contribution >= 4 is 21.7 Å². The molecule has 0 radical (unpaired) electrons. The number of anilines is 2. The van der Waals surface area contributed by atoms with E-state index in [9.17, 15) is 8.42 Å². The van der Waals surface area contributed by atoms with Crippen LogP contribution in [-0.2, 0) is 10.0 Å². The first kappa shape index (κ1) is 19.1. The van der Waals surface area contributed by atoms with Gasteiger partial charge in [0.15, 0.2) is 0 Å². The molecule has 7 nitrogen and oxygen atoms in total. The minimum Gasteiger partial charge on any atom is -0.369 e. The molecule has 2 N–H and O–H groups in total. The van der Waals surface area contributed by atoms with E-state index in [4.69, 9.17) is 0 Å². The summed E-state index contributed by atoms with van der Waals surface area (Å²) in [6.07, 6.45) is 0. The van der Waals surface area contributed by atoms with Crippen LogP contribution in [0.25, 0.3) is 0 Å². The number of nitrogens with one attached hydrogen (secondary N) is 2. The molecular formula is C17H25N5O2S. The molecule has 136 valence electrons. The predicted molar refractivity (Wildman–Crippen MR) is 101 cm³/mol. The lowest BCUT2D eigenvalue weighted by Gasteiger charge is -2.14. The number of hydrogen-bond donors (Lipinski definition) is 2. The van der Waals surface area contributed by atoms with Crippen LogP contribution in [0.4, 0.5) is 11.6 Å². The highest BCUT2D eigenvalue weighted by Crippen LogP contribution is 2.16. The quantitative estimate of drug-likeness (QED) is 0.730. The number of nitrogens with zero attached hydrogens (tertiary/aromatic N) is 3. The van der Waals surface area contributed by atoms with Crippen LogP contribution in [0.1, 0.15) is 17.0 Å². The fourth-order valence-electron chi connectivity index (χ4n) is 2.43. The van der Waals surface area contributed by atoms with Crippen molar-refractivity contribution in [3.05, 3.63) is 41.2 Å². The van der Waals surface area contributed by atoms with Crippen molar-refractivity contribution in [3.63, 3.8) is 0 Å². The molecule has 25 heavy (non-hydrogen) atoms. The Bertz CT molecular complexity index is 850. The van der Waals surface area contributed by atoms with Gasteiger partial charge >= 0.3 is 0 Å². The lowest BCUT2D eigenvalue weighted by Crippen LogP contribution is -2.29. The van der Waals surface area contributed by atoms with E-state index >= 15 is 0 Å². The van der Waals surface area contributed by atoms with Crippen molar-refractivity contribution in [2.45, 2.75) is 25.7 Å². The molecule has 1 aromatic heterocycles. The zero-order valence-corrected chi connectivity index (χ0v) is 16.1. The summed E-state index contributed by atoms with van der Waals surface area (Å²) in [7, 11) is 0.290. The lowest BCUT2D eigenvalue weighted by atomic mass is 10.2. The maximum atomic E-state index is 12.4. The van der Waals surface area contributed by atoms with E-state index in [0.29, 0.717) is 23.1 Å². The van der Waals surface area contributed by atoms with E-state index in [2.05, 4.69) is 20.0 Å². The van der Waals surface area contributed by atoms with Crippen molar-refractivity contribution in [2.75, 3.05) is 37.4 Å². The molecule has 2 aromatic rings. The van der Waals surface area contributed by atoms with Gasteiger partial charge < -0.3 is 10.2 Å². The predicted octanol–water partition coefficient (Wildman–Crippen LogP) is 1.86. The number of sulfonamides is 1. The summed E-state index contributed by atoms with van der Waals surface area (Å²) in [4.78, 5) is 10.8. The summed E-state index contributed by atoms with van der Waals surface area (Å²) < 4.78 is 27.4. The van der Waals surface area contributed by atoms with Crippen molar-refractivity contribution in [3.8, 4) is 0 Å². The van der Waals surface area contributed by atoms with Gasteiger partial charge in [0.05, 0.1) is 4.90 Å². The van der Waals surface area contributed by atoms with Crippen LogP contribution in [0.2, 0.25) is 0 Å². The summed E-state index contributed by atoms with van der Waals surface area (Å²) in [5, 5.41) is 3.12. The molecule has 0 saturated carbocycles. The van der Waals surface area contributed by atoms with E-state index in [0.717, 1.165) is 16.9 Å². The molecule has 0 aliphatic rings. The molecule has 0 aliphatic carbocycles. The Morgan fingerprint density at radius 1 is 1.04 bits per heavy atom. The zero-order valence-electron chi connectivity index (χ0n) is 15.3. The van der Waals surface area contributed by atoms with Crippen molar-refractivity contribution < 1.29 is 8.42 Å². The molecule has 1 aromatic carbocycles. The van der Waals surface area contributed by atoms with Crippen molar-refractivity contribution in [2.24, 2.45) is 0 Å². The van der Waals surface area contributed by atoms with Crippen LogP contribution in [0.3, 0.4) is 0 Å². The number of aromatic nitrogens is 2. The van der Waals surface area contributed by atoms with Gasteiger partial charge in [-0.3, -0.25) is 0 Å². The van der Waals surface area contributed by atoms with E-state index in [-0.39, 0.29) is 6.54 Å². The number of benzene rings is 1. The van der Waals surface area contributed by atoms with Gasteiger partial charge in [-0.15, -0.1) is 0 Å². The molecule has 0 bridgehead atoms. The SMILES string of the molecule is Cc1ccc(S(=O)(=O)NCCNc2cc(N(C)C)nc(C)n2)c(C)c1. The molecule has 0 spiro atoms. The number of rotatable bonds is 7. The molecule has 0 amide bonds. The van der Waals surface area contributed by atoms with Crippen LogP contribution in [0.15, 0.2) is 29.2 Å². The molecule has 1 heterocycles. The Hall–Kier alpha value is -2.19. The monoisotopic (exact) mass is 363 g/mol. The number of aryl methyl sites for hydroxylation is 3. The van der Waals surface area contributed by atoms with Crippen LogP contribution < -0.4 is 14.9 Å². The highest BCUT2D eigenvalue weighted by molar-refractivity contribution is 7.89. The van der Waals surface area contributed by atoms with Gasteiger partial charge in [0.2, 0.25) is 10.0 Å². The third kappa shape index (κ3) is 5.14. The van der Waals surface area contributed by atoms with Gasteiger partial charge in [0.1, 0.15) is 17.5 Å². The lowest BCUT2D eigenvalue weighted by molar-refractivity contribution is 0.582. The van der Waals surface area contributed by atoms with Crippen molar-refractivity contribution in [1.29, 1.82) is 0 Å². The standard InChI is InChI=1S/C17H25N5O2S/c1-12-6-7-15(13(2)10-12)25(23,24)19-9-8-18-16-11-17(22(4)5)21-14(3)20-16/h6-7,10-11,19H,8-9H2,1-5H3,(H,18,20,21).